The Kier molecular flexibility index (Phi) is 14.4. The molecule has 14 heteroatoms. The summed E-state index contributed by atoms with van der Waals surface area (Å²) in [7, 11) is 0. The molecule has 0 heterocycles. The molecule has 0 aromatic heterocycles. The largest absolute Gasteiger partial charge is 0.480 e. The fourth-order valence-electron chi connectivity index (χ4n) is 2.14. The molecule has 0 aliphatic carbocycles. The number of carbonyl (C=O) groups excluding carboxylic acids is 4. The second kappa shape index (κ2) is 15.2. The number of thioether (sulfide) groups is 1. The monoisotopic (exact) mass is 483 g/mol. The Hall–Kier alpha value is -1.64. The minimum absolute atomic E-state index is 0.0150. The zero-order chi connectivity index (χ0) is 23.3. The summed E-state index contributed by atoms with van der Waals surface area (Å²) in [6.45, 7) is 0. The van der Waals surface area contributed by atoms with E-state index in [1.165, 1.54) is 11.8 Å². The molecule has 0 fully saturated rings. The number of primary amides is 1. The summed E-state index contributed by atoms with van der Waals surface area (Å²) < 4.78 is 0. The van der Waals surface area contributed by atoms with Crippen LogP contribution >= 0.6 is 37.0 Å². The highest BCUT2D eigenvalue weighted by Gasteiger charge is 2.29. The molecule has 4 unspecified atom stereocenters. The fourth-order valence-corrected chi connectivity index (χ4v) is 3.11. The van der Waals surface area contributed by atoms with Crippen LogP contribution in [-0.2, 0) is 24.0 Å². The van der Waals surface area contributed by atoms with Crippen LogP contribution in [0.25, 0.3) is 0 Å². The number of nitrogens with two attached hydrogens (primary N) is 2. The van der Waals surface area contributed by atoms with E-state index >= 15 is 0 Å². The topological polar surface area (TPSA) is 194 Å². The fraction of sp³-hybridized carbons (Fsp3) is 0.688. The van der Waals surface area contributed by atoms with Gasteiger partial charge in [0.1, 0.15) is 18.1 Å². The molecule has 8 N–H and O–H groups in total. The van der Waals surface area contributed by atoms with Crippen LogP contribution < -0.4 is 27.4 Å². The van der Waals surface area contributed by atoms with Gasteiger partial charge < -0.3 is 32.5 Å². The number of amides is 4. The van der Waals surface area contributed by atoms with Crippen LogP contribution in [0.15, 0.2) is 0 Å². The van der Waals surface area contributed by atoms with Gasteiger partial charge in [-0.15, -0.1) is 0 Å². The third kappa shape index (κ3) is 10.9. The Balaban J connectivity index is 5.07. The molecule has 0 aliphatic heterocycles. The van der Waals surface area contributed by atoms with Crippen molar-refractivity contribution in [3.05, 3.63) is 0 Å². The van der Waals surface area contributed by atoms with Gasteiger partial charge >= 0.3 is 5.97 Å². The van der Waals surface area contributed by atoms with E-state index in [2.05, 4.69) is 41.2 Å². The van der Waals surface area contributed by atoms with E-state index in [0.717, 1.165) is 0 Å². The first-order valence-corrected chi connectivity index (χ1v) is 11.6. The smallest absolute Gasteiger partial charge is 0.327 e. The second-order valence-electron chi connectivity index (χ2n) is 6.28. The quantitative estimate of drug-likeness (QED) is 0.119. The number of thiol groups is 2. The van der Waals surface area contributed by atoms with Crippen LogP contribution in [0.5, 0.6) is 0 Å². The molecule has 0 bridgehead atoms. The molecule has 0 aromatic rings. The van der Waals surface area contributed by atoms with Crippen LogP contribution in [0.3, 0.4) is 0 Å². The number of carboxylic acids is 1. The Morgan fingerprint density at radius 2 is 1.40 bits per heavy atom. The Bertz CT molecular complexity index is 624. The maximum Gasteiger partial charge on any atom is 0.327 e. The highest BCUT2D eigenvalue weighted by Crippen LogP contribution is 2.04. The van der Waals surface area contributed by atoms with Crippen molar-refractivity contribution >= 4 is 66.6 Å². The van der Waals surface area contributed by atoms with Gasteiger partial charge in [0.05, 0.1) is 6.04 Å². The molecule has 0 aliphatic rings. The standard InChI is InChI=1S/C16H29N5O6S3/c1-30-5-4-9(14(24)21-11(7-29)16(26)27)19-15(25)10(6-28)20-13(23)8(17)2-3-12(18)22/h8-11,28-29H,2-7,17H2,1H3,(H2,18,22)(H,19,25)(H,20,23)(H,21,24)(H,26,27). The zero-order valence-electron chi connectivity index (χ0n) is 16.5. The Labute approximate surface area is 190 Å². The van der Waals surface area contributed by atoms with Crippen molar-refractivity contribution in [3.63, 3.8) is 0 Å². The van der Waals surface area contributed by atoms with Gasteiger partial charge in [0.15, 0.2) is 0 Å². The van der Waals surface area contributed by atoms with Gasteiger partial charge in [0, 0.05) is 17.9 Å². The Morgan fingerprint density at radius 1 is 0.900 bits per heavy atom. The molecular formula is C16H29N5O6S3. The van der Waals surface area contributed by atoms with E-state index in [1.807, 2.05) is 6.26 Å². The van der Waals surface area contributed by atoms with E-state index in [4.69, 9.17) is 16.6 Å². The first kappa shape index (κ1) is 28.4. The average molecular weight is 484 g/mol. The summed E-state index contributed by atoms with van der Waals surface area (Å²) in [5.41, 5.74) is 10.7. The van der Waals surface area contributed by atoms with E-state index < -0.39 is 53.8 Å². The maximum absolute atomic E-state index is 12.6. The predicted octanol–water partition coefficient (Wildman–Crippen LogP) is -2.27. The van der Waals surface area contributed by atoms with Crippen molar-refractivity contribution in [2.75, 3.05) is 23.5 Å². The van der Waals surface area contributed by atoms with Gasteiger partial charge in [0.25, 0.3) is 0 Å². The lowest BCUT2D eigenvalue weighted by Crippen LogP contribution is -2.58. The molecule has 0 saturated carbocycles. The lowest BCUT2D eigenvalue weighted by molar-refractivity contribution is -0.141. The van der Waals surface area contributed by atoms with E-state index in [-0.39, 0.29) is 30.8 Å². The van der Waals surface area contributed by atoms with Crippen molar-refractivity contribution in [1.29, 1.82) is 0 Å². The van der Waals surface area contributed by atoms with Crippen molar-refractivity contribution < 1.29 is 29.1 Å². The van der Waals surface area contributed by atoms with Gasteiger partial charge in [0.2, 0.25) is 23.6 Å². The number of hydrogen-bond donors (Lipinski definition) is 8. The third-order valence-corrected chi connectivity index (χ3v) is 5.27. The maximum atomic E-state index is 12.6. The van der Waals surface area contributed by atoms with Gasteiger partial charge in [-0.25, -0.2) is 4.79 Å². The lowest BCUT2D eigenvalue weighted by atomic mass is 10.1. The number of aliphatic carboxylic acids is 1. The minimum Gasteiger partial charge on any atom is -0.480 e. The SMILES string of the molecule is CSCCC(NC(=O)C(CS)NC(=O)C(N)CCC(N)=O)C(=O)NC(CS)C(=O)O. The molecule has 4 atom stereocenters. The van der Waals surface area contributed by atoms with Crippen LogP contribution in [-0.4, -0.2) is 82.4 Å². The molecule has 0 aromatic carbocycles. The number of hydrogen-bond acceptors (Lipinski definition) is 9. The third-order valence-electron chi connectivity index (χ3n) is 3.89. The van der Waals surface area contributed by atoms with Crippen LogP contribution in [0, 0.1) is 0 Å². The normalized spacial score (nSPS) is 14.7. The highest BCUT2D eigenvalue weighted by molar-refractivity contribution is 7.98. The average Bonchev–Trinajstić information content (AvgIpc) is 2.70. The van der Waals surface area contributed by atoms with Crippen molar-refractivity contribution in [2.45, 2.75) is 43.4 Å². The van der Waals surface area contributed by atoms with Gasteiger partial charge in [-0.05, 0) is 24.9 Å². The minimum atomic E-state index is -1.25. The van der Waals surface area contributed by atoms with Crippen LogP contribution in [0.2, 0.25) is 0 Å². The molecule has 0 saturated heterocycles. The van der Waals surface area contributed by atoms with Gasteiger partial charge in [-0.3, -0.25) is 19.2 Å². The summed E-state index contributed by atoms with van der Waals surface area (Å²) in [4.78, 5) is 59.0. The first-order valence-electron chi connectivity index (χ1n) is 8.95. The number of carboxylic acid groups (broad SMARTS) is 1. The van der Waals surface area contributed by atoms with Crippen molar-refractivity contribution in [1.82, 2.24) is 16.0 Å². The lowest BCUT2D eigenvalue weighted by Gasteiger charge is -2.24. The molecule has 0 spiro atoms. The Morgan fingerprint density at radius 3 is 1.87 bits per heavy atom. The molecule has 4 amide bonds. The van der Waals surface area contributed by atoms with E-state index in [9.17, 15) is 24.0 Å². The number of nitrogens with one attached hydrogen (secondary N) is 3. The number of rotatable bonds is 15. The summed E-state index contributed by atoms with van der Waals surface area (Å²) in [6, 6.07) is -4.37. The number of carbonyl (C=O) groups is 5. The van der Waals surface area contributed by atoms with Gasteiger partial charge in [-0.2, -0.15) is 37.0 Å². The summed E-state index contributed by atoms with van der Waals surface area (Å²) in [6.07, 6.45) is 1.98. The van der Waals surface area contributed by atoms with E-state index in [0.29, 0.717) is 5.75 Å². The predicted molar refractivity (Wildman–Crippen MR) is 121 cm³/mol. The molecule has 30 heavy (non-hydrogen) atoms. The zero-order valence-corrected chi connectivity index (χ0v) is 19.1. The highest BCUT2D eigenvalue weighted by atomic mass is 32.2. The van der Waals surface area contributed by atoms with E-state index in [1.54, 1.807) is 0 Å². The van der Waals surface area contributed by atoms with Gasteiger partial charge in [-0.1, -0.05) is 0 Å². The molecular weight excluding hydrogens is 454 g/mol. The second-order valence-corrected chi connectivity index (χ2v) is 8.00. The van der Waals surface area contributed by atoms with Crippen LogP contribution in [0.4, 0.5) is 0 Å². The van der Waals surface area contributed by atoms with Crippen LogP contribution in [0.1, 0.15) is 19.3 Å². The summed E-state index contributed by atoms with van der Waals surface area (Å²) >= 11 is 9.37. The van der Waals surface area contributed by atoms with Crippen molar-refractivity contribution in [2.24, 2.45) is 11.5 Å². The first-order chi connectivity index (χ1) is 14.1. The molecule has 172 valence electrons. The van der Waals surface area contributed by atoms with Crippen molar-refractivity contribution in [3.8, 4) is 0 Å². The summed E-state index contributed by atoms with van der Waals surface area (Å²) in [5.74, 6) is -3.57. The molecule has 0 rings (SSSR count). The molecule has 11 nitrogen and oxygen atoms in total. The molecule has 0 radical (unpaired) electrons. The summed E-state index contributed by atoms with van der Waals surface area (Å²) in [5, 5.41) is 16.3.